The lowest BCUT2D eigenvalue weighted by Gasteiger charge is -2.10. The highest BCUT2D eigenvalue weighted by molar-refractivity contribution is 5.82. The molecule has 0 aliphatic carbocycles. The first-order valence-corrected chi connectivity index (χ1v) is 6.83. The largest absolute Gasteiger partial charge is 0.484 e. The Bertz CT molecular complexity index is 441. The average molecular weight is 278 g/mol. The molecule has 0 spiro atoms. The minimum absolute atomic E-state index is 0.132. The molecule has 2 amide bonds. The third-order valence-corrected chi connectivity index (χ3v) is 2.74. The Hall–Kier alpha value is -2.04. The molecule has 1 aromatic carbocycles. The molecule has 0 aliphatic rings. The van der Waals surface area contributed by atoms with E-state index in [0.29, 0.717) is 18.1 Å². The van der Waals surface area contributed by atoms with E-state index >= 15 is 0 Å². The van der Waals surface area contributed by atoms with E-state index in [9.17, 15) is 9.59 Å². The Labute approximate surface area is 119 Å². The number of ether oxygens (including phenoxy) is 1. The summed E-state index contributed by atoms with van der Waals surface area (Å²) < 4.78 is 5.33. The van der Waals surface area contributed by atoms with Crippen molar-refractivity contribution in [2.75, 3.05) is 6.61 Å². The number of carbonyl (C=O) groups is 2. The van der Waals surface area contributed by atoms with Gasteiger partial charge in [-0.2, -0.15) is 0 Å². The zero-order valence-electron chi connectivity index (χ0n) is 12.2. The van der Waals surface area contributed by atoms with E-state index in [1.165, 1.54) is 5.56 Å². The molecule has 0 radical (unpaired) electrons. The fraction of sp³-hybridized carbons (Fsp3) is 0.467. The first kappa shape index (κ1) is 16.0. The zero-order valence-corrected chi connectivity index (χ0v) is 12.2. The standard InChI is InChI=1S/C15H22N2O3/c1-4-5-14(18)16-17-15(19)10-20-13-8-6-12(7-9-13)11(2)3/h6-9,11H,4-5,10H2,1-3H3,(H,16,18)(H,17,19). The van der Waals surface area contributed by atoms with Crippen molar-refractivity contribution in [3.05, 3.63) is 29.8 Å². The SMILES string of the molecule is CCCC(=O)NNC(=O)COc1ccc(C(C)C)cc1. The first-order chi connectivity index (χ1) is 9.52. The van der Waals surface area contributed by atoms with Crippen LogP contribution in [0.2, 0.25) is 0 Å². The molecule has 0 unspecified atom stereocenters. The third kappa shape index (κ3) is 5.73. The lowest BCUT2D eigenvalue weighted by molar-refractivity contribution is -0.130. The highest BCUT2D eigenvalue weighted by atomic mass is 16.5. The molecule has 0 aliphatic heterocycles. The van der Waals surface area contributed by atoms with E-state index in [2.05, 4.69) is 24.7 Å². The topological polar surface area (TPSA) is 67.4 Å². The van der Waals surface area contributed by atoms with Gasteiger partial charge in [0.25, 0.3) is 5.91 Å². The maximum Gasteiger partial charge on any atom is 0.276 e. The molecule has 0 fully saturated rings. The van der Waals surface area contributed by atoms with Crippen molar-refractivity contribution in [3.63, 3.8) is 0 Å². The van der Waals surface area contributed by atoms with Gasteiger partial charge in [-0.05, 0) is 30.0 Å². The summed E-state index contributed by atoms with van der Waals surface area (Å²) in [4.78, 5) is 22.6. The van der Waals surface area contributed by atoms with Gasteiger partial charge in [0.05, 0.1) is 0 Å². The summed E-state index contributed by atoms with van der Waals surface area (Å²) in [6.07, 6.45) is 1.12. The molecule has 0 heterocycles. The lowest BCUT2D eigenvalue weighted by atomic mass is 10.0. The number of hydrazine groups is 1. The molecule has 5 heteroatoms. The fourth-order valence-electron chi connectivity index (χ4n) is 1.56. The quantitative estimate of drug-likeness (QED) is 0.783. The van der Waals surface area contributed by atoms with E-state index in [0.717, 1.165) is 6.42 Å². The van der Waals surface area contributed by atoms with Gasteiger partial charge in [0, 0.05) is 6.42 Å². The lowest BCUT2D eigenvalue weighted by Crippen LogP contribution is -2.43. The van der Waals surface area contributed by atoms with Crippen molar-refractivity contribution in [2.24, 2.45) is 0 Å². The molecule has 0 bridgehead atoms. The Morgan fingerprint density at radius 3 is 2.25 bits per heavy atom. The summed E-state index contributed by atoms with van der Waals surface area (Å²) in [7, 11) is 0. The molecule has 110 valence electrons. The van der Waals surface area contributed by atoms with E-state index in [4.69, 9.17) is 4.74 Å². The molecule has 20 heavy (non-hydrogen) atoms. The molecule has 1 rings (SSSR count). The van der Waals surface area contributed by atoms with Crippen LogP contribution < -0.4 is 15.6 Å². The number of hydrogen-bond acceptors (Lipinski definition) is 3. The number of hydrogen-bond donors (Lipinski definition) is 2. The minimum Gasteiger partial charge on any atom is -0.484 e. The highest BCUT2D eigenvalue weighted by Gasteiger charge is 2.05. The Morgan fingerprint density at radius 2 is 1.70 bits per heavy atom. The van der Waals surface area contributed by atoms with E-state index in [1.807, 2.05) is 31.2 Å². The summed E-state index contributed by atoms with van der Waals surface area (Å²) in [5.41, 5.74) is 5.85. The van der Waals surface area contributed by atoms with Crippen LogP contribution in [0.3, 0.4) is 0 Å². The van der Waals surface area contributed by atoms with Crippen LogP contribution in [0.5, 0.6) is 5.75 Å². The van der Waals surface area contributed by atoms with Gasteiger partial charge in [-0.3, -0.25) is 20.4 Å². The molecule has 2 N–H and O–H groups in total. The summed E-state index contributed by atoms with van der Waals surface area (Å²) in [5, 5.41) is 0. The summed E-state index contributed by atoms with van der Waals surface area (Å²) >= 11 is 0. The van der Waals surface area contributed by atoms with Crippen molar-refractivity contribution in [3.8, 4) is 5.75 Å². The zero-order chi connectivity index (χ0) is 15.0. The van der Waals surface area contributed by atoms with Gasteiger partial charge in [0.2, 0.25) is 5.91 Å². The van der Waals surface area contributed by atoms with E-state index in [1.54, 1.807) is 0 Å². The third-order valence-electron chi connectivity index (χ3n) is 2.74. The van der Waals surface area contributed by atoms with Crippen molar-refractivity contribution < 1.29 is 14.3 Å². The number of nitrogens with one attached hydrogen (secondary N) is 2. The van der Waals surface area contributed by atoms with Gasteiger partial charge < -0.3 is 4.74 Å². The van der Waals surface area contributed by atoms with Gasteiger partial charge in [-0.15, -0.1) is 0 Å². The normalized spacial score (nSPS) is 10.2. The van der Waals surface area contributed by atoms with Crippen LogP contribution in [0.15, 0.2) is 24.3 Å². The molecule has 1 aromatic rings. The molecule has 0 atom stereocenters. The fourth-order valence-corrected chi connectivity index (χ4v) is 1.56. The Morgan fingerprint density at radius 1 is 1.10 bits per heavy atom. The number of carbonyl (C=O) groups excluding carboxylic acids is 2. The predicted molar refractivity (Wildman–Crippen MR) is 77.2 cm³/mol. The van der Waals surface area contributed by atoms with E-state index < -0.39 is 0 Å². The molecule has 5 nitrogen and oxygen atoms in total. The van der Waals surface area contributed by atoms with Gasteiger partial charge >= 0.3 is 0 Å². The molecule has 0 aromatic heterocycles. The summed E-state index contributed by atoms with van der Waals surface area (Å²) in [6, 6.07) is 7.61. The maximum absolute atomic E-state index is 11.4. The Balaban J connectivity index is 2.32. The second-order valence-corrected chi connectivity index (χ2v) is 4.86. The molecular weight excluding hydrogens is 256 g/mol. The van der Waals surface area contributed by atoms with Gasteiger partial charge in [0.15, 0.2) is 6.61 Å². The van der Waals surface area contributed by atoms with Crippen LogP contribution in [0.25, 0.3) is 0 Å². The summed E-state index contributed by atoms with van der Waals surface area (Å²) in [6.45, 7) is 5.99. The Kier molecular flexibility index (Phi) is 6.56. The van der Waals surface area contributed by atoms with Crippen LogP contribution in [-0.2, 0) is 9.59 Å². The average Bonchev–Trinajstić information content (AvgIpc) is 2.43. The number of rotatable bonds is 6. The molecule has 0 saturated heterocycles. The first-order valence-electron chi connectivity index (χ1n) is 6.83. The van der Waals surface area contributed by atoms with E-state index in [-0.39, 0.29) is 18.4 Å². The number of amides is 2. The van der Waals surface area contributed by atoms with Crippen LogP contribution in [0.4, 0.5) is 0 Å². The minimum atomic E-state index is -0.387. The molecular formula is C15H22N2O3. The predicted octanol–water partition coefficient (Wildman–Crippen LogP) is 2.14. The van der Waals surface area contributed by atoms with Crippen molar-refractivity contribution >= 4 is 11.8 Å². The van der Waals surface area contributed by atoms with Gasteiger partial charge in [0.1, 0.15) is 5.75 Å². The van der Waals surface area contributed by atoms with Crippen LogP contribution >= 0.6 is 0 Å². The summed E-state index contributed by atoms with van der Waals surface area (Å²) in [5.74, 6) is 0.495. The second kappa shape index (κ2) is 8.19. The van der Waals surface area contributed by atoms with Crippen molar-refractivity contribution in [1.29, 1.82) is 0 Å². The maximum atomic E-state index is 11.4. The second-order valence-electron chi connectivity index (χ2n) is 4.86. The van der Waals surface area contributed by atoms with Crippen molar-refractivity contribution in [2.45, 2.75) is 39.5 Å². The van der Waals surface area contributed by atoms with Gasteiger partial charge in [-0.25, -0.2) is 0 Å². The smallest absolute Gasteiger partial charge is 0.276 e. The van der Waals surface area contributed by atoms with Crippen LogP contribution in [-0.4, -0.2) is 18.4 Å². The van der Waals surface area contributed by atoms with Crippen LogP contribution in [0.1, 0.15) is 45.1 Å². The monoisotopic (exact) mass is 278 g/mol. The highest BCUT2D eigenvalue weighted by Crippen LogP contribution is 2.18. The van der Waals surface area contributed by atoms with Gasteiger partial charge in [-0.1, -0.05) is 32.9 Å². The van der Waals surface area contributed by atoms with Crippen molar-refractivity contribution in [1.82, 2.24) is 10.9 Å². The number of benzene rings is 1. The van der Waals surface area contributed by atoms with Crippen LogP contribution in [0, 0.1) is 0 Å². The molecule has 0 saturated carbocycles.